The Bertz CT molecular complexity index is 370. The van der Waals surface area contributed by atoms with Crippen molar-refractivity contribution in [1.29, 1.82) is 0 Å². The van der Waals surface area contributed by atoms with Gasteiger partial charge >= 0.3 is 12.4 Å². The Morgan fingerprint density at radius 2 is 1.59 bits per heavy atom. The zero-order valence-corrected chi connectivity index (χ0v) is 12.6. The molecule has 0 radical (unpaired) electrons. The van der Waals surface area contributed by atoms with Crippen LogP contribution in [0, 0.1) is 17.8 Å². The van der Waals surface area contributed by atoms with E-state index >= 15 is 0 Å². The van der Waals surface area contributed by atoms with Gasteiger partial charge in [0.1, 0.15) is 0 Å². The molecule has 1 nitrogen and oxygen atoms in total. The second-order valence-corrected chi connectivity index (χ2v) is 6.28. The predicted molar refractivity (Wildman–Crippen MR) is 71.1 cm³/mol. The summed E-state index contributed by atoms with van der Waals surface area (Å²) < 4.78 is 76.5. The minimum Gasteiger partial charge on any atom is -0.374 e. The van der Waals surface area contributed by atoms with Gasteiger partial charge in [-0.1, -0.05) is 31.9 Å². The summed E-state index contributed by atoms with van der Waals surface area (Å²) >= 11 is 0. The van der Waals surface area contributed by atoms with Crippen LogP contribution in [0.5, 0.6) is 0 Å². The Kier molecular flexibility index (Phi) is 5.98. The minimum atomic E-state index is -5.72. The van der Waals surface area contributed by atoms with Crippen LogP contribution in [-0.4, -0.2) is 23.1 Å². The first-order valence-corrected chi connectivity index (χ1v) is 7.39. The number of allylic oxidation sites excluding steroid dienone is 2. The highest BCUT2D eigenvalue weighted by atomic mass is 19.4. The normalized spacial score (nSPS) is 28.3. The van der Waals surface area contributed by atoms with Gasteiger partial charge < -0.3 is 5.11 Å². The monoisotopic (exact) mass is 332 g/mol. The fourth-order valence-electron chi connectivity index (χ4n) is 3.15. The molecular weight excluding hydrogens is 310 g/mol. The fraction of sp³-hybridized carbons (Fsp3) is 0.867. The van der Waals surface area contributed by atoms with Crippen LogP contribution in [-0.2, 0) is 0 Å². The first-order valence-electron chi connectivity index (χ1n) is 7.39. The SMILES string of the molecule is C/C=C\CC1CC(CC(O)(C(F)(F)F)C(F)(F)F)CCC1C. The van der Waals surface area contributed by atoms with Crippen LogP contribution in [0.1, 0.15) is 46.0 Å². The molecule has 7 heteroatoms. The molecule has 0 bridgehead atoms. The third-order valence-corrected chi connectivity index (χ3v) is 4.67. The molecule has 1 rings (SSSR count). The van der Waals surface area contributed by atoms with Crippen molar-refractivity contribution >= 4 is 0 Å². The van der Waals surface area contributed by atoms with Crippen molar-refractivity contribution in [3.63, 3.8) is 0 Å². The fourth-order valence-corrected chi connectivity index (χ4v) is 3.15. The molecule has 1 aliphatic carbocycles. The Morgan fingerprint density at radius 1 is 1.05 bits per heavy atom. The lowest BCUT2D eigenvalue weighted by Crippen LogP contribution is -2.58. The molecule has 0 spiro atoms. The highest BCUT2D eigenvalue weighted by Gasteiger charge is 2.70. The molecule has 0 aliphatic heterocycles. The molecule has 0 amide bonds. The zero-order chi connectivity index (χ0) is 17.2. The Labute approximate surface area is 126 Å². The number of alkyl halides is 6. The van der Waals surface area contributed by atoms with E-state index in [9.17, 15) is 31.4 Å². The van der Waals surface area contributed by atoms with Crippen molar-refractivity contribution in [2.75, 3.05) is 0 Å². The van der Waals surface area contributed by atoms with Gasteiger partial charge in [-0.05, 0) is 43.9 Å². The van der Waals surface area contributed by atoms with Crippen molar-refractivity contribution in [3.8, 4) is 0 Å². The summed E-state index contributed by atoms with van der Waals surface area (Å²) in [5.41, 5.74) is -4.61. The summed E-state index contributed by atoms with van der Waals surface area (Å²) in [6.07, 6.45) is -7.26. The Balaban J connectivity index is 2.87. The molecule has 0 heterocycles. The van der Waals surface area contributed by atoms with Crippen LogP contribution in [0.25, 0.3) is 0 Å². The van der Waals surface area contributed by atoms with Crippen LogP contribution in [0.15, 0.2) is 12.2 Å². The highest BCUT2D eigenvalue weighted by molar-refractivity contribution is 4.97. The largest absolute Gasteiger partial charge is 0.426 e. The second-order valence-electron chi connectivity index (χ2n) is 6.28. The summed E-state index contributed by atoms with van der Waals surface area (Å²) in [4.78, 5) is 0. The highest BCUT2D eigenvalue weighted by Crippen LogP contribution is 2.49. The van der Waals surface area contributed by atoms with E-state index in [2.05, 4.69) is 0 Å². The average Bonchev–Trinajstić information content (AvgIpc) is 2.36. The molecule has 0 aromatic carbocycles. The van der Waals surface area contributed by atoms with Crippen molar-refractivity contribution in [1.82, 2.24) is 0 Å². The van der Waals surface area contributed by atoms with Crippen molar-refractivity contribution in [2.45, 2.75) is 63.9 Å². The molecule has 1 saturated carbocycles. The maximum absolute atomic E-state index is 12.8. The van der Waals surface area contributed by atoms with Crippen LogP contribution in [0.3, 0.4) is 0 Å². The molecule has 1 N–H and O–H groups in total. The quantitative estimate of drug-likeness (QED) is 0.550. The summed E-state index contributed by atoms with van der Waals surface area (Å²) in [5, 5.41) is 9.30. The lowest BCUT2D eigenvalue weighted by Gasteiger charge is -2.39. The first-order chi connectivity index (χ1) is 9.92. The maximum atomic E-state index is 12.8. The zero-order valence-electron chi connectivity index (χ0n) is 12.6. The van der Waals surface area contributed by atoms with E-state index in [4.69, 9.17) is 0 Å². The average molecular weight is 332 g/mol. The molecule has 1 fully saturated rings. The van der Waals surface area contributed by atoms with Gasteiger partial charge in [0.05, 0.1) is 0 Å². The van der Waals surface area contributed by atoms with Crippen LogP contribution < -0.4 is 0 Å². The summed E-state index contributed by atoms with van der Waals surface area (Å²) in [6.45, 7) is 3.78. The second kappa shape index (κ2) is 6.81. The molecule has 0 saturated heterocycles. The number of aliphatic hydroxyl groups is 1. The Morgan fingerprint density at radius 3 is 2.05 bits per heavy atom. The molecule has 1 aliphatic rings. The van der Waals surface area contributed by atoms with Crippen molar-refractivity contribution in [3.05, 3.63) is 12.2 Å². The van der Waals surface area contributed by atoms with Gasteiger partial charge in [0.15, 0.2) is 0 Å². The molecule has 3 atom stereocenters. The van der Waals surface area contributed by atoms with E-state index in [1.54, 1.807) is 0 Å². The lowest BCUT2D eigenvalue weighted by molar-refractivity contribution is -0.373. The molecule has 3 unspecified atom stereocenters. The summed E-state index contributed by atoms with van der Waals surface area (Å²) in [5.74, 6) is -0.460. The maximum Gasteiger partial charge on any atom is 0.426 e. The number of halogens is 6. The van der Waals surface area contributed by atoms with Crippen LogP contribution in [0.2, 0.25) is 0 Å². The van der Waals surface area contributed by atoms with Gasteiger partial charge in [-0.3, -0.25) is 0 Å². The van der Waals surface area contributed by atoms with E-state index in [1.165, 1.54) is 0 Å². The van der Waals surface area contributed by atoms with E-state index in [0.717, 1.165) is 0 Å². The molecule has 22 heavy (non-hydrogen) atoms. The molecule has 130 valence electrons. The van der Waals surface area contributed by atoms with Gasteiger partial charge in [0.2, 0.25) is 0 Å². The molecule has 0 aromatic heterocycles. The minimum absolute atomic E-state index is 0.0562. The first kappa shape index (κ1) is 19.3. The molecular formula is C15H22F6O. The van der Waals surface area contributed by atoms with Crippen LogP contribution in [0.4, 0.5) is 26.3 Å². The smallest absolute Gasteiger partial charge is 0.374 e. The lowest BCUT2D eigenvalue weighted by atomic mass is 9.70. The van der Waals surface area contributed by atoms with E-state index in [0.29, 0.717) is 12.8 Å². The number of rotatable bonds is 4. The van der Waals surface area contributed by atoms with Gasteiger partial charge in [-0.15, -0.1) is 0 Å². The van der Waals surface area contributed by atoms with Gasteiger partial charge in [0.25, 0.3) is 5.60 Å². The Hall–Kier alpha value is -0.720. The van der Waals surface area contributed by atoms with Crippen LogP contribution >= 0.6 is 0 Å². The number of hydrogen-bond acceptors (Lipinski definition) is 1. The topological polar surface area (TPSA) is 20.2 Å². The van der Waals surface area contributed by atoms with E-state index in [1.807, 2.05) is 26.0 Å². The standard InChI is InChI=1S/C15H22F6O/c1-3-4-5-12-8-11(7-6-10(12)2)9-13(22,14(16,17)18)15(19,20)21/h3-4,10-12,22H,5-9H2,1-2H3/b4-3-. The third-order valence-electron chi connectivity index (χ3n) is 4.67. The predicted octanol–water partition coefficient (Wildman–Crippen LogP) is 5.25. The van der Waals surface area contributed by atoms with Gasteiger partial charge in [-0.25, -0.2) is 0 Å². The molecule has 0 aromatic rings. The summed E-state index contributed by atoms with van der Waals surface area (Å²) in [7, 11) is 0. The van der Waals surface area contributed by atoms with Gasteiger partial charge in [-0.2, -0.15) is 26.3 Å². The van der Waals surface area contributed by atoms with E-state index < -0.39 is 30.3 Å². The summed E-state index contributed by atoms with van der Waals surface area (Å²) in [6, 6.07) is 0. The van der Waals surface area contributed by atoms with Crippen molar-refractivity contribution < 1.29 is 31.4 Å². The third kappa shape index (κ3) is 4.18. The number of hydrogen-bond donors (Lipinski definition) is 1. The van der Waals surface area contributed by atoms with Crippen molar-refractivity contribution in [2.24, 2.45) is 17.8 Å². The van der Waals surface area contributed by atoms with E-state index in [-0.39, 0.29) is 24.7 Å². The van der Waals surface area contributed by atoms with Gasteiger partial charge in [0, 0.05) is 0 Å².